The molecule has 8 bridgehead atoms. The number of fused-ring (bicyclic) bond motifs is 6. The normalized spacial score (nSPS) is 26.8. The van der Waals surface area contributed by atoms with Crippen LogP contribution in [0.15, 0.2) is 82.2 Å². The molecule has 2 aromatic heterocycles. The van der Waals surface area contributed by atoms with Crippen LogP contribution in [-0.4, -0.2) is 38.0 Å². The second-order valence-corrected chi connectivity index (χ2v) is 9.36. The number of aromatic nitrogens is 3. The Labute approximate surface area is 191 Å². The van der Waals surface area contributed by atoms with Crippen molar-refractivity contribution in [2.24, 2.45) is 22.4 Å². The summed E-state index contributed by atoms with van der Waals surface area (Å²) in [4.78, 5) is 26.5. The lowest BCUT2D eigenvalue weighted by atomic mass is 9.82. The lowest BCUT2D eigenvalue weighted by Crippen LogP contribution is -2.27. The SMILES string of the molecule is Cn1ccc(C23C=CC(=N2)C=c2ccc([nH]2)=CC2=NC(=CC4NC(=C3)C(C)(C)C4=O)C=C2)n1. The topological polar surface area (TPSA) is 87.4 Å². The molecule has 0 amide bonds. The average Bonchev–Trinajstić information content (AvgIpc) is 3.57. The van der Waals surface area contributed by atoms with Crippen LogP contribution in [0.1, 0.15) is 19.5 Å². The molecule has 1 saturated heterocycles. The highest BCUT2D eigenvalue weighted by molar-refractivity contribution is 6.20. The molecule has 2 atom stereocenters. The third kappa shape index (κ3) is 3.19. The summed E-state index contributed by atoms with van der Waals surface area (Å²) in [5.41, 5.74) is 2.59. The number of nitrogens with zero attached hydrogens (tertiary/aromatic N) is 4. The fourth-order valence-electron chi connectivity index (χ4n) is 4.66. The summed E-state index contributed by atoms with van der Waals surface area (Å²) in [5.74, 6) is 0.106. The largest absolute Gasteiger partial charge is 0.375 e. The summed E-state index contributed by atoms with van der Waals surface area (Å²) in [5, 5.41) is 10.0. The van der Waals surface area contributed by atoms with Gasteiger partial charge in [-0.25, -0.2) is 4.99 Å². The zero-order valence-corrected chi connectivity index (χ0v) is 18.7. The minimum Gasteiger partial charge on any atom is -0.375 e. The van der Waals surface area contributed by atoms with Gasteiger partial charge in [0.25, 0.3) is 0 Å². The number of carbonyl (C=O) groups is 1. The first-order valence-corrected chi connectivity index (χ1v) is 11.0. The molecule has 0 radical (unpaired) electrons. The van der Waals surface area contributed by atoms with Gasteiger partial charge in [0.15, 0.2) is 5.78 Å². The Kier molecular flexibility index (Phi) is 4.02. The standard InChI is InChI=1S/C26H24N6O/c1-25(2)23-15-26(22-9-11-32(3)31-22)10-8-20(30-26)13-18-5-4-16(27-18)12-17-6-7-19(28-17)14-21(29-23)24(25)33/h4-15,21,27,29H,1-3H3. The lowest BCUT2D eigenvalue weighted by Gasteiger charge is -2.23. The van der Waals surface area contributed by atoms with Gasteiger partial charge in [0.2, 0.25) is 0 Å². The fraction of sp³-hybridized carbons (Fsp3) is 0.231. The van der Waals surface area contributed by atoms with Gasteiger partial charge >= 0.3 is 0 Å². The maximum Gasteiger partial charge on any atom is 0.170 e. The molecule has 2 unspecified atom stereocenters. The number of H-pyrrole nitrogens is 1. The Morgan fingerprint density at radius 2 is 1.82 bits per heavy atom. The Morgan fingerprint density at radius 1 is 1.03 bits per heavy atom. The molecule has 164 valence electrons. The molecule has 4 aliphatic rings. The van der Waals surface area contributed by atoms with E-state index < -0.39 is 17.0 Å². The van der Waals surface area contributed by atoms with Gasteiger partial charge in [-0.05, 0) is 80.7 Å². The van der Waals surface area contributed by atoms with Gasteiger partial charge in [0.05, 0.1) is 28.2 Å². The van der Waals surface area contributed by atoms with Crippen LogP contribution in [0.2, 0.25) is 0 Å². The second-order valence-electron chi connectivity index (χ2n) is 9.36. The number of nitrogens with one attached hydrogen (secondary N) is 2. The molecule has 6 heterocycles. The van der Waals surface area contributed by atoms with Crippen molar-refractivity contribution in [2.45, 2.75) is 25.4 Å². The first-order valence-electron chi connectivity index (χ1n) is 11.0. The van der Waals surface area contributed by atoms with E-state index in [0.29, 0.717) is 0 Å². The van der Waals surface area contributed by atoms with Crippen molar-refractivity contribution in [1.82, 2.24) is 20.1 Å². The Balaban J connectivity index is 1.60. The highest BCUT2D eigenvalue weighted by atomic mass is 16.1. The van der Waals surface area contributed by atoms with Crippen molar-refractivity contribution < 1.29 is 4.79 Å². The van der Waals surface area contributed by atoms with Gasteiger partial charge < -0.3 is 10.3 Å². The molecule has 0 aliphatic carbocycles. The third-order valence-corrected chi connectivity index (χ3v) is 6.55. The van der Waals surface area contributed by atoms with Crippen molar-refractivity contribution in [3.05, 3.63) is 88.6 Å². The maximum atomic E-state index is 13.4. The van der Waals surface area contributed by atoms with Crippen LogP contribution in [0.3, 0.4) is 0 Å². The van der Waals surface area contributed by atoms with Crippen molar-refractivity contribution in [3.8, 4) is 0 Å². The fourth-order valence-corrected chi connectivity index (χ4v) is 4.66. The van der Waals surface area contributed by atoms with Gasteiger partial charge in [-0.1, -0.05) is 0 Å². The molecule has 2 aromatic rings. The van der Waals surface area contributed by atoms with E-state index in [1.165, 1.54) is 0 Å². The molecule has 2 N–H and O–H groups in total. The van der Waals surface area contributed by atoms with Crippen LogP contribution in [0, 0.1) is 5.41 Å². The molecule has 0 saturated carbocycles. The Hall–Kier alpha value is -4.00. The molecular weight excluding hydrogens is 412 g/mol. The van der Waals surface area contributed by atoms with Gasteiger partial charge in [-0.3, -0.25) is 14.5 Å². The zero-order valence-electron chi connectivity index (χ0n) is 18.7. The molecule has 1 fully saturated rings. The van der Waals surface area contributed by atoms with Crippen LogP contribution >= 0.6 is 0 Å². The monoisotopic (exact) mass is 436 g/mol. The number of aryl methyl sites for hydroxylation is 1. The Morgan fingerprint density at radius 3 is 2.58 bits per heavy atom. The van der Waals surface area contributed by atoms with Crippen LogP contribution in [0.4, 0.5) is 0 Å². The molecular formula is C26H24N6O. The summed E-state index contributed by atoms with van der Waals surface area (Å²) in [6.45, 7) is 3.91. The summed E-state index contributed by atoms with van der Waals surface area (Å²) in [6, 6.07) is 5.56. The molecule has 7 heteroatoms. The van der Waals surface area contributed by atoms with E-state index >= 15 is 0 Å². The van der Waals surface area contributed by atoms with Crippen LogP contribution in [0.25, 0.3) is 12.2 Å². The van der Waals surface area contributed by atoms with Gasteiger partial charge in [-0.2, -0.15) is 5.10 Å². The first kappa shape index (κ1) is 19.7. The van der Waals surface area contributed by atoms with Crippen molar-refractivity contribution in [2.75, 3.05) is 0 Å². The minimum absolute atomic E-state index is 0.106. The average molecular weight is 437 g/mol. The highest BCUT2D eigenvalue weighted by Crippen LogP contribution is 2.40. The molecule has 4 aliphatic heterocycles. The molecule has 0 spiro atoms. The molecule has 0 aromatic carbocycles. The summed E-state index contributed by atoms with van der Waals surface area (Å²) >= 11 is 0. The number of aromatic amines is 1. The van der Waals surface area contributed by atoms with Gasteiger partial charge in [0.1, 0.15) is 11.6 Å². The van der Waals surface area contributed by atoms with E-state index in [2.05, 4.69) is 20.4 Å². The second kappa shape index (κ2) is 6.75. The van der Waals surface area contributed by atoms with E-state index in [9.17, 15) is 4.79 Å². The van der Waals surface area contributed by atoms with E-state index in [1.54, 1.807) is 4.68 Å². The number of ketones is 1. The van der Waals surface area contributed by atoms with E-state index in [-0.39, 0.29) is 5.78 Å². The van der Waals surface area contributed by atoms with Gasteiger partial charge in [-0.15, -0.1) is 0 Å². The van der Waals surface area contributed by atoms with Gasteiger partial charge in [0, 0.05) is 29.6 Å². The highest BCUT2D eigenvalue weighted by Gasteiger charge is 2.46. The molecule has 6 rings (SSSR count). The number of aliphatic imine (C=N–C) groups is 2. The lowest BCUT2D eigenvalue weighted by molar-refractivity contribution is -0.123. The molecule has 7 nitrogen and oxygen atoms in total. The Bertz CT molecular complexity index is 1500. The van der Waals surface area contributed by atoms with E-state index in [0.717, 1.165) is 39.2 Å². The zero-order chi connectivity index (χ0) is 22.8. The quantitative estimate of drug-likeness (QED) is 0.712. The number of hydrogen-bond donors (Lipinski definition) is 2. The molecule has 33 heavy (non-hydrogen) atoms. The number of Topliss-reactive ketones (excluding diaryl/α,β-unsaturated/α-hetero) is 1. The predicted octanol–water partition coefficient (Wildman–Crippen LogP) is 1.57. The van der Waals surface area contributed by atoms with Crippen molar-refractivity contribution in [1.29, 1.82) is 0 Å². The van der Waals surface area contributed by atoms with Crippen LogP contribution in [0.5, 0.6) is 0 Å². The number of rotatable bonds is 1. The summed E-state index contributed by atoms with van der Waals surface area (Å²) < 4.78 is 1.77. The minimum atomic E-state index is -0.799. The van der Waals surface area contributed by atoms with Crippen LogP contribution < -0.4 is 16.0 Å². The smallest absolute Gasteiger partial charge is 0.170 e. The predicted molar refractivity (Wildman–Crippen MR) is 129 cm³/mol. The third-order valence-electron chi connectivity index (χ3n) is 6.55. The summed E-state index contributed by atoms with van der Waals surface area (Å²) in [7, 11) is 1.89. The van der Waals surface area contributed by atoms with Crippen molar-refractivity contribution in [3.63, 3.8) is 0 Å². The number of carbonyl (C=O) groups excluding carboxylic acids is 1. The van der Waals surface area contributed by atoms with Crippen molar-refractivity contribution >= 4 is 29.4 Å². The van der Waals surface area contributed by atoms with E-state index in [1.807, 2.05) is 93.9 Å². The number of hydrogen-bond acceptors (Lipinski definition) is 5. The maximum absolute atomic E-state index is 13.4. The first-order chi connectivity index (χ1) is 15.8. The van der Waals surface area contributed by atoms with E-state index in [4.69, 9.17) is 4.99 Å². The van der Waals surface area contributed by atoms with Crippen LogP contribution in [-0.2, 0) is 17.4 Å². The number of allylic oxidation sites excluding steroid dienone is 4. The summed E-state index contributed by atoms with van der Waals surface area (Å²) in [6.07, 6.45) is 17.8.